The van der Waals surface area contributed by atoms with E-state index in [2.05, 4.69) is 5.32 Å². The normalized spacial score (nSPS) is 14.7. The first-order valence-corrected chi connectivity index (χ1v) is 7.99. The van der Waals surface area contributed by atoms with Crippen molar-refractivity contribution in [3.05, 3.63) is 35.6 Å². The van der Waals surface area contributed by atoms with E-state index in [-0.39, 0.29) is 24.3 Å². The minimum Gasteiger partial charge on any atom is -0.343 e. The van der Waals surface area contributed by atoms with E-state index in [1.807, 2.05) is 13.8 Å². The molecular weight excluding hydrogens is 313 g/mol. The van der Waals surface area contributed by atoms with E-state index in [4.69, 9.17) is 0 Å². The Bertz CT molecular complexity index is 608. The molecule has 1 aliphatic rings. The quantitative estimate of drug-likeness (QED) is 0.888. The van der Waals surface area contributed by atoms with Gasteiger partial charge in [-0.1, -0.05) is 13.8 Å². The maximum Gasteiger partial charge on any atom is 0.251 e. The zero-order chi connectivity index (χ0) is 17.7. The number of amides is 3. The Hall–Kier alpha value is -2.44. The van der Waals surface area contributed by atoms with Gasteiger partial charge >= 0.3 is 0 Å². The molecule has 24 heavy (non-hydrogen) atoms. The van der Waals surface area contributed by atoms with Crippen LogP contribution in [0.5, 0.6) is 0 Å². The van der Waals surface area contributed by atoms with E-state index in [0.29, 0.717) is 31.7 Å². The molecule has 0 aromatic heterocycles. The summed E-state index contributed by atoms with van der Waals surface area (Å²) in [5, 5.41) is 2.53. The van der Waals surface area contributed by atoms with Gasteiger partial charge in [0.1, 0.15) is 5.82 Å². The highest BCUT2D eigenvalue weighted by Gasteiger charge is 2.25. The van der Waals surface area contributed by atoms with Crippen molar-refractivity contribution in [3.8, 4) is 0 Å². The van der Waals surface area contributed by atoms with Gasteiger partial charge in [-0.05, 0) is 24.3 Å². The van der Waals surface area contributed by atoms with Crippen molar-refractivity contribution < 1.29 is 18.8 Å². The van der Waals surface area contributed by atoms with Crippen LogP contribution < -0.4 is 5.32 Å². The van der Waals surface area contributed by atoms with Gasteiger partial charge in [0.25, 0.3) is 5.91 Å². The van der Waals surface area contributed by atoms with E-state index in [1.165, 1.54) is 24.3 Å². The summed E-state index contributed by atoms with van der Waals surface area (Å²) in [4.78, 5) is 39.3. The third-order valence-corrected chi connectivity index (χ3v) is 3.94. The summed E-state index contributed by atoms with van der Waals surface area (Å²) in [6.45, 7) is 5.53. The molecule has 3 amide bonds. The van der Waals surface area contributed by atoms with E-state index < -0.39 is 11.7 Å². The topological polar surface area (TPSA) is 69.7 Å². The van der Waals surface area contributed by atoms with Gasteiger partial charge in [0.05, 0.1) is 6.54 Å². The summed E-state index contributed by atoms with van der Waals surface area (Å²) in [6, 6.07) is 5.13. The monoisotopic (exact) mass is 335 g/mol. The molecule has 1 aromatic carbocycles. The molecule has 0 aliphatic carbocycles. The molecule has 1 aliphatic heterocycles. The predicted molar refractivity (Wildman–Crippen MR) is 86.7 cm³/mol. The highest BCUT2D eigenvalue weighted by atomic mass is 19.1. The minimum atomic E-state index is -0.420. The molecule has 1 saturated heterocycles. The number of rotatable bonds is 4. The second-order valence-corrected chi connectivity index (χ2v) is 6.05. The minimum absolute atomic E-state index is 0.0535. The average molecular weight is 335 g/mol. The van der Waals surface area contributed by atoms with Crippen molar-refractivity contribution in [2.45, 2.75) is 13.8 Å². The zero-order valence-corrected chi connectivity index (χ0v) is 13.9. The van der Waals surface area contributed by atoms with Crippen molar-refractivity contribution in [3.63, 3.8) is 0 Å². The average Bonchev–Trinajstić information content (AvgIpc) is 2.59. The van der Waals surface area contributed by atoms with Gasteiger partial charge in [-0.25, -0.2) is 4.39 Å². The summed E-state index contributed by atoms with van der Waals surface area (Å²) >= 11 is 0. The molecule has 6 nitrogen and oxygen atoms in total. The van der Waals surface area contributed by atoms with Crippen molar-refractivity contribution in [1.29, 1.82) is 0 Å². The van der Waals surface area contributed by atoms with Crippen LogP contribution in [0.3, 0.4) is 0 Å². The molecule has 1 heterocycles. The Labute approximate surface area is 140 Å². The third kappa shape index (κ3) is 4.53. The summed E-state index contributed by atoms with van der Waals surface area (Å²) in [6.07, 6.45) is 0. The SMILES string of the molecule is CC(C)C(=O)N1CCN(C(=O)CNC(=O)c2ccc(F)cc2)CC1. The van der Waals surface area contributed by atoms with Crippen LogP contribution in [-0.4, -0.2) is 60.2 Å². The summed E-state index contributed by atoms with van der Waals surface area (Å²) in [7, 11) is 0. The van der Waals surface area contributed by atoms with Crippen LogP contribution in [0.2, 0.25) is 0 Å². The predicted octanol–water partition coefficient (Wildman–Crippen LogP) is 0.882. The third-order valence-electron chi connectivity index (χ3n) is 3.94. The smallest absolute Gasteiger partial charge is 0.251 e. The first kappa shape index (κ1) is 17.9. The van der Waals surface area contributed by atoms with Crippen LogP contribution in [-0.2, 0) is 9.59 Å². The molecule has 0 unspecified atom stereocenters. The lowest BCUT2D eigenvalue weighted by molar-refractivity contribution is -0.140. The van der Waals surface area contributed by atoms with E-state index in [0.717, 1.165) is 0 Å². The van der Waals surface area contributed by atoms with Gasteiger partial charge in [0.15, 0.2) is 0 Å². The summed E-state index contributed by atoms with van der Waals surface area (Å²) in [5.41, 5.74) is 0.302. The lowest BCUT2D eigenvalue weighted by Crippen LogP contribution is -2.53. The highest BCUT2D eigenvalue weighted by molar-refractivity contribution is 5.96. The number of piperazine rings is 1. The van der Waals surface area contributed by atoms with E-state index in [9.17, 15) is 18.8 Å². The lowest BCUT2D eigenvalue weighted by Gasteiger charge is -2.35. The molecule has 130 valence electrons. The number of hydrogen-bond acceptors (Lipinski definition) is 3. The standard InChI is InChI=1S/C17H22FN3O3/c1-12(2)17(24)21-9-7-20(8-10-21)15(22)11-19-16(23)13-3-5-14(18)6-4-13/h3-6,12H,7-11H2,1-2H3,(H,19,23). The number of benzene rings is 1. The lowest BCUT2D eigenvalue weighted by atomic mass is 10.1. The van der Waals surface area contributed by atoms with E-state index in [1.54, 1.807) is 9.80 Å². The van der Waals surface area contributed by atoms with Crippen LogP contribution >= 0.6 is 0 Å². The van der Waals surface area contributed by atoms with Gasteiger partial charge in [0.2, 0.25) is 11.8 Å². The molecule has 0 atom stereocenters. The number of carbonyl (C=O) groups is 3. The second kappa shape index (κ2) is 7.90. The Morgan fingerprint density at radius 2 is 1.58 bits per heavy atom. The first-order valence-electron chi connectivity index (χ1n) is 7.99. The Morgan fingerprint density at radius 1 is 1.04 bits per heavy atom. The van der Waals surface area contributed by atoms with Gasteiger partial charge < -0.3 is 15.1 Å². The number of halogens is 1. The summed E-state index contributed by atoms with van der Waals surface area (Å²) < 4.78 is 12.8. The van der Waals surface area contributed by atoms with Crippen LogP contribution in [0.1, 0.15) is 24.2 Å². The molecule has 0 bridgehead atoms. The Morgan fingerprint density at radius 3 is 2.12 bits per heavy atom. The van der Waals surface area contributed by atoms with Crippen molar-refractivity contribution >= 4 is 17.7 Å². The maximum absolute atomic E-state index is 12.8. The zero-order valence-electron chi connectivity index (χ0n) is 13.9. The number of nitrogens with zero attached hydrogens (tertiary/aromatic N) is 2. The first-order chi connectivity index (χ1) is 11.4. The molecule has 1 aromatic rings. The van der Waals surface area contributed by atoms with Crippen LogP contribution in [0.4, 0.5) is 4.39 Å². The molecule has 0 saturated carbocycles. The van der Waals surface area contributed by atoms with E-state index >= 15 is 0 Å². The van der Waals surface area contributed by atoms with Gasteiger partial charge in [0, 0.05) is 37.7 Å². The molecule has 0 radical (unpaired) electrons. The largest absolute Gasteiger partial charge is 0.343 e. The second-order valence-electron chi connectivity index (χ2n) is 6.05. The fourth-order valence-corrected chi connectivity index (χ4v) is 2.51. The molecule has 0 spiro atoms. The van der Waals surface area contributed by atoms with Crippen LogP contribution in [0, 0.1) is 11.7 Å². The molecule has 1 fully saturated rings. The fraction of sp³-hybridized carbons (Fsp3) is 0.471. The number of hydrogen-bond donors (Lipinski definition) is 1. The number of nitrogens with one attached hydrogen (secondary N) is 1. The maximum atomic E-state index is 12.8. The van der Waals surface area contributed by atoms with Gasteiger partial charge in [-0.15, -0.1) is 0 Å². The summed E-state index contributed by atoms with van der Waals surface area (Å²) in [5.74, 6) is -0.996. The molecule has 2 rings (SSSR count). The van der Waals surface area contributed by atoms with Crippen molar-refractivity contribution in [1.82, 2.24) is 15.1 Å². The highest BCUT2D eigenvalue weighted by Crippen LogP contribution is 2.07. The molecule has 7 heteroatoms. The Balaban J connectivity index is 1.78. The van der Waals surface area contributed by atoms with Crippen LogP contribution in [0.15, 0.2) is 24.3 Å². The van der Waals surface area contributed by atoms with Gasteiger partial charge in [-0.2, -0.15) is 0 Å². The van der Waals surface area contributed by atoms with Gasteiger partial charge in [-0.3, -0.25) is 14.4 Å². The number of carbonyl (C=O) groups excluding carboxylic acids is 3. The van der Waals surface area contributed by atoms with Crippen molar-refractivity contribution in [2.24, 2.45) is 5.92 Å². The van der Waals surface area contributed by atoms with Crippen LogP contribution in [0.25, 0.3) is 0 Å². The fourth-order valence-electron chi connectivity index (χ4n) is 2.51. The molecule has 1 N–H and O–H groups in total. The molecular formula is C17H22FN3O3. The Kier molecular flexibility index (Phi) is 5.89. The van der Waals surface area contributed by atoms with Crippen molar-refractivity contribution in [2.75, 3.05) is 32.7 Å².